The predicted octanol–water partition coefficient (Wildman–Crippen LogP) is 7.34. The van der Waals surface area contributed by atoms with Gasteiger partial charge in [0.2, 0.25) is 0 Å². The molecule has 0 aromatic heterocycles. The van der Waals surface area contributed by atoms with Crippen molar-refractivity contribution in [2.24, 2.45) is 0 Å². The van der Waals surface area contributed by atoms with E-state index in [9.17, 15) is 15.3 Å². The van der Waals surface area contributed by atoms with Gasteiger partial charge in [-0.25, -0.2) is 4.39 Å². The molecule has 4 nitrogen and oxygen atoms in total. The Morgan fingerprint density at radius 3 is 2.51 bits per heavy atom. The first-order valence-corrected chi connectivity index (χ1v) is 11.9. The van der Waals surface area contributed by atoms with E-state index < -0.39 is 11.7 Å². The first-order chi connectivity index (χ1) is 16.9. The van der Waals surface area contributed by atoms with E-state index in [4.69, 9.17) is 11.6 Å². The van der Waals surface area contributed by atoms with Crippen molar-refractivity contribution >= 4 is 34.7 Å². The molecule has 1 heterocycles. The van der Waals surface area contributed by atoms with E-state index in [0.29, 0.717) is 41.1 Å². The number of rotatable bonds is 3. The molecule has 1 atom stereocenters. The number of aliphatic hydroxyl groups is 1. The maximum absolute atomic E-state index is 15.2. The van der Waals surface area contributed by atoms with Gasteiger partial charge in [0.1, 0.15) is 17.4 Å². The van der Waals surface area contributed by atoms with Crippen LogP contribution in [0.25, 0.3) is 5.76 Å². The number of benzene rings is 3. The molecule has 0 fully saturated rings. The monoisotopic (exact) mass is 486 g/mol. The molecule has 0 amide bonds. The maximum Gasteiger partial charge on any atom is 0.161 e. The van der Waals surface area contributed by atoms with Gasteiger partial charge in [-0.05, 0) is 67.8 Å². The Bertz CT molecular complexity index is 1410. The number of nitrogens with one attached hydrogen (secondary N) is 1. The van der Waals surface area contributed by atoms with Crippen molar-refractivity contribution in [2.45, 2.75) is 32.1 Å². The number of halogens is 2. The molecule has 2 N–H and O–H groups in total. The highest BCUT2D eigenvalue weighted by Gasteiger charge is 2.44. The highest BCUT2D eigenvalue weighted by molar-refractivity contribution is 6.30. The van der Waals surface area contributed by atoms with E-state index >= 15 is 4.39 Å². The van der Waals surface area contributed by atoms with Crippen LogP contribution in [0.2, 0.25) is 5.02 Å². The van der Waals surface area contributed by atoms with Gasteiger partial charge < -0.3 is 5.11 Å². The number of nitrogens with zero attached hydrogens (tertiary/aromatic N) is 1. The molecular formula is C29H24ClFN2O2. The molecule has 1 aliphatic carbocycles. The molecule has 0 saturated heterocycles. The predicted molar refractivity (Wildman–Crippen MR) is 137 cm³/mol. The van der Waals surface area contributed by atoms with Gasteiger partial charge in [0, 0.05) is 51.0 Å². The average Bonchev–Trinajstić information content (AvgIpc) is 2.84. The van der Waals surface area contributed by atoms with E-state index in [1.807, 2.05) is 31.2 Å². The fraction of sp³-hybridized carbons (Fsp3) is 0.172. The second-order valence-electron chi connectivity index (χ2n) is 8.88. The zero-order chi connectivity index (χ0) is 24.7. The van der Waals surface area contributed by atoms with E-state index in [1.54, 1.807) is 47.4 Å². The number of aryl methyl sites for hydroxylation is 1. The lowest BCUT2D eigenvalue weighted by Crippen LogP contribution is -2.42. The number of carbonyl (C=O) groups is 1. The van der Waals surface area contributed by atoms with Crippen molar-refractivity contribution < 1.29 is 14.3 Å². The number of hydrogen-bond donors (Lipinski definition) is 2. The summed E-state index contributed by atoms with van der Waals surface area (Å²) in [6.07, 6.45) is 1.57. The molecule has 0 radical (unpaired) electrons. The van der Waals surface area contributed by atoms with Gasteiger partial charge in [0.05, 0.1) is 0 Å². The largest absolute Gasteiger partial charge is 0.507 e. The number of carbonyl (C=O) groups excluding carboxylic acids is 1. The van der Waals surface area contributed by atoms with Gasteiger partial charge in [0.15, 0.2) is 5.78 Å². The summed E-state index contributed by atoms with van der Waals surface area (Å²) in [5, 5.41) is 21.3. The molecule has 176 valence electrons. The second-order valence-corrected chi connectivity index (χ2v) is 9.32. The average molecular weight is 487 g/mol. The van der Waals surface area contributed by atoms with E-state index in [1.165, 1.54) is 6.07 Å². The SMILES string of the molecule is Cc1cccc(N2C(=N)/C(=C(/O)c3ccc(Cl)cc3)C(c3ccccc3F)C3=C2CCCC3=O)c1. The lowest BCUT2D eigenvalue weighted by Gasteiger charge is -2.42. The fourth-order valence-electron chi connectivity index (χ4n) is 5.03. The number of Topliss-reactive ketones (excluding diaryl/α,β-unsaturated/α-hetero) is 1. The minimum absolute atomic E-state index is 0.0183. The number of anilines is 1. The van der Waals surface area contributed by atoms with Crippen molar-refractivity contribution in [1.29, 1.82) is 5.41 Å². The van der Waals surface area contributed by atoms with Crippen LogP contribution in [0.3, 0.4) is 0 Å². The summed E-state index contributed by atoms with van der Waals surface area (Å²) in [6, 6.07) is 20.5. The summed E-state index contributed by atoms with van der Waals surface area (Å²) in [5.41, 5.74) is 3.75. The quantitative estimate of drug-likeness (QED) is 0.380. The number of ketones is 1. The lowest BCUT2D eigenvalue weighted by atomic mass is 9.73. The van der Waals surface area contributed by atoms with Crippen LogP contribution in [0.1, 0.15) is 41.9 Å². The molecule has 1 unspecified atom stereocenters. The van der Waals surface area contributed by atoms with Crippen LogP contribution >= 0.6 is 11.6 Å². The molecule has 2 aliphatic rings. The molecule has 0 saturated carbocycles. The minimum atomic E-state index is -0.900. The van der Waals surface area contributed by atoms with E-state index in [-0.39, 0.29) is 28.5 Å². The molecule has 0 spiro atoms. The topological polar surface area (TPSA) is 64.4 Å². The Morgan fingerprint density at radius 2 is 1.80 bits per heavy atom. The number of amidine groups is 1. The van der Waals surface area contributed by atoms with Crippen molar-refractivity contribution in [3.63, 3.8) is 0 Å². The van der Waals surface area contributed by atoms with E-state index in [2.05, 4.69) is 0 Å². The standard InChI is InChI=1S/C29H24ClFN2O2/c1-17-6-4-7-20(16-17)33-23-10-5-11-24(34)26(23)25(21-8-2-3-9-22(21)31)27(29(33)32)28(35)18-12-14-19(30)15-13-18/h2-4,6-9,12-16,25,32,35H,5,10-11H2,1H3/b28-27+,32-29?. The zero-order valence-corrected chi connectivity index (χ0v) is 19.9. The summed E-state index contributed by atoms with van der Waals surface area (Å²) < 4.78 is 15.2. The van der Waals surface area contributed by atoms with Crippen LogP contribution < -0.4 is 4.90 Å². The lowest BCUT2D eigenvalue weighted by molar-refractivity contribution is -0.116. The minimum Gasteiger partial charge on any atom is -0.507 e. The smallest absolute Gasteiger partial charge is 0.161 e. The Balaban J connectivity index is 1.85. The Labute approximate surface area is 208 Å². The summed E-state index contributed by atoms with van der Waals surface area (Å²) >= 11 is 6.05. The molecule has 1 aliphatic heterocycles. The van der Waals surface area contributed by atoms with Gasteiger partial charge in [0.25, 0.3) is 0 Å². The molecule has 0 bridgehead atoms. The number of allylic oxidation sites excluding steroid dienone is 2. The normalized spacial score (nSPS) is 19.6. The molecule has 35 heavy (non-hydrogen) atoms. The van der Waals surface area contributed by atoms with Crippen molar-refractivity contribution in [2.75, 3.05) is 4.90 Å². The maximum atomic E-state index is 15.2. The van der Waals surface area contributed by atoms with Crippen LogP contribution in [0.4, 0.5) is 10.1 Å². The summed E-state index contributed by atoms with van der Waals surface area (Å²) in [7, 11) is 0. The third-order valence-corrected chi connectivity index (χ3v) is 6.86. The van der Waals surface area contributed by atoms with Crippen molar-refractivity contribution in [3.8, 4) is 0 Å². The third-order valence-electron chi connectivity index (χ3n) is 6.60. The Kier molecular flexibility index (Phi) is 6.03. The second kappa shape index (κ2) is 9.16. The molecule has 3 aromatic rings. The molecular weight excluding hydrogens is 463 g/mol. The van der Waals surface area contributed by atoms with Crippen molar-refractivity contribution in [3.05, 3.63) is 117 Å². The molecule has 6 heteroatoms. The van der Waals surface area contributed by atoms with Crippen LogP contribution in [-0.2, 0) is 4.79 Å². The third kappa shape index (κ3) is 4.06. The fourth-order valence-corrected chi connectivity index (χ4v) is 5.15. The molecule has 5 rings (SSSR count). The van der Waals surface area contributed by atoms with E-state index in [0.717, 1.165) is 11.3 Å². The highest BCUT2D eigenvalue weighted by Crippen LogP contribution is 2.48. The van der Waals surface area contributed by atoms with Crippen LogP contribution in [0.5, 0.6) is 0 Å². The zero-order valence-electron chi connectivity index (χ0n) is 19.2. The molecule has 3 aromatic carbocycles. The van der Waals surface area contributed by atoms with Crippen LogP contribution in [-0.4, -0.2) is 16.7 Å². The number of hydrogen-bond acceptors (Lipinski definition) is 3. The van der Waals surface area contributed by atoms with Gasteiger partial charge >= 0.3 is 0 Å². The van der Waals surface area contributed by atoms with Gasteiger partial charge in [-0.1, -0.05) is 41.9 Å². The van der Waals surface area contributed by atoms with Gasteiger partial charge in [-0.2, -0.15) is 0 Å². The van der Waals surface area contributed by atoms with Crippen LogP contribution in [0, 0.1) is 18.2 Å². The summed E-state index contributed by atoms with van der Waals surface area (Å²) in [4.78, 5) is 15.2. The van der Waals surface area contributed by atoms with Crippen LogP contribution in [0.15, 0.2) is 89.6 Å². The summed E-state index contributed by atoms with van der Waals surface area (Å²) in [5.74, 6) is -1.64. The van der Waals surface area contributed by atoms with Gasteiger partial charge in [-0.3, -0.25) is 15.1 Å². The van der Waals surface area contributed by atoms with Crippen molar-refractivity contribution in [1.82, 2.24) is 0 Å². The first kappa shape index (κ1) is 23.1. The Hall–Kier alpha value is -3.70. The van der Waals surface area contributed by atoms with Gasteiger partial charge in [-0.15, -0.1) is 0 Å². The Morgan fingerprint density at radius 1 is 1.06 bits per heavy atom. The number of aliphatic hydroxyl groups excluding tert-OH is 1. The summed E-state index contributed by atoms with van der Waals surface area (Å²) in [6.45, 7) is 1.96. The first-order valence-electron chi connectivity index (χ1n) is 11.5. The highest BCUT2D eigenvalue weighted by atomic mass is 35.5.